The van der Waals surface area contributed by atoms with E-state index in [4.69, 9.17) is 0 Å². The Labute approximate surface area is 110 Å². The van der Waals surface area contributed by atoms with Crippen molar-refractivity contribution in [1.29, 1.82) is 0 Å². The zero-order valence-corrected chi connectivity index (χ0v) is 10.9. The summed E-state index contributed by atoms with van der Waals surface area (Å²) in [5.41, 5.74) is 1.96. The molecule has 0 atom stereocenters. The lowest BCUT2D eigenvalue weighted by atomic mass is 10.2. The molecule has 0 spiro atoms. The molecule has 6 nitrogen and oxygen atoms in total. The number of aromatic nitrogens is 5. The maximum Gasteiger partial charge on any atom is 0.178 e. The van der Waals surface area contributed by atoms with E-state index in [9.17, 15) is 0 Å². The molecule has 0 aliphatic carbocycles. The van der Waals surface area contributed by atoms with Crippen LogP contribution in [0.5, 0.6) is 0 Å². The Bertz CT molecular complexity index is 691. The van der Waals surface area contributed by atoms with E-state index >= 15 is 0 Å². The summed E-state index contributed by atoms with van der Waals surface area (Å²) >= 11 is 0. The summed E-state index contributed by atoms with van der Waals surface area (Å²) < 4.78 is 1.75. The number of hydrogen-bond acceptors (Lipinski definition) is 5. The van der Waals surface area contributed by atoms with Gasteiger partial charge in [0, 0.05) is 26.0 Å². The van der Waals surface area contributed by atoms with Crippen LogP contribution in [0, 0.1) is 6.92 Å². The van der Waals surface area contributed by atoms with Gasteiger partial charge in [-0.2, -0.15) is 4.52 Å². The van der Waals surface area contributed by atoms with E-state index in [1.165, 1.54) is 5.56 Å². The number of hydrogen-bond donors (Lipinski definition) is 0. The summed E-state index contributed by atoms with van der Waals surface area (Å²) in [5.74, 6) is 1.67. The van der Waals surface area contributed by atoms with Crippen molar-refractivity contribution in [1.82, 2.24) is 24.8 Å². The molecule has 3 heterocycles. The number of fused-ring (bicyclic) bond motifs is 1. The van der Waals surface area contributed by atoms with E-state index in [2.05, 4.69) is 25.2 Å². The lowest BCUT2D eigenvalue weighted by molar-refractivity contribution is 0.818. The van der Waals surface area contributed by atoms with Crippen LogP contribution < -0.4 is 4.90 Å². The topological polar surface area (TPSA) is 59.2 Å². The van der Waals surface area contributed by atoms with Gasteiger partial charge in [-0.1, -0.05) is 0 Å². The second-order valence-electron chi connectivity index (χ2n) is 4.42. The quantitative estimate of drug-likeness (QED) is 0.708. The Morgan fingerprint density at radius 2 is 1.89 bits per heavy atom. The van der Waals surface area contributed by atoms with E-state index in [1.807, 2.05) is 38.2 Å². The molecule has 19 heavy (non-hydrogen) atoms. The predicted octanol–water partition coefficient (Wildman–Crippen LogP) is 1.46. The number of rotatable bonds is 3. The summed E-state index contributed by atoms with van der Waals surface area (Å²) in [4.78, 5) is 6.09. The first kappa shape index (κ1) is 11.6. The van der Waals surface area contributed by atoms with Gasteiger partial charge >= 0.3 is 0 Å². The number of anilines is 1. The Morgan fingerprint density at radius 1 is 1.11 bits per heavy atom. The molecule has 0 N–H and O–H groups in total. The van der Waals surface area contributed by atoms with Crippen molar-refractivity contribution in [2.24, 2.45) is 0 Å². The Balaban J connectivity index is 1.89. The molecule has 0 aliphatic heterocycles. The van der Waals surface area contributed by atoms with Crippen LogP contribution in [-0.4, -0.2) is 31.8 Å². The summed E-state index contributed by atoms with van der Waals surface area (Å²) in [6.07, 6.45) is 3.59. The molecule has 0 saturated heterocycles. The van der Waals surface area contributed by atoms with Gasteiger partial charge in [0.25, 0.3) is 0 Å². The van der Waals surface area contributed by atoms with Crippen molar-refractivity contribution < 1.29 is 0 Å². The second-order valence-corrected chi connectivity index (χ2v) is 4.42. The molecule has 0 aromatic carbocycles. The van der Waals surface area contributed by atoms with Crippen molar-refractivity contribution in [3.63, 3.8) is 0 Å². The molecule has 6 heteroatoms. The molecule has 0 bridgehead atoms. The smallest absolute Gasteiger partial charge is 0.178 e. The molecule has 0 radical (unpaired) electrons. The van der Waals surface area contributed by atoms with Gasteiger partial charge < -0.3 is 4.90 Å². The number of nitrogens with zero attached hydrogens (tertiary/aromatic N) is 6. The lowest BCUT2D eigenvalue weighted by Crippen LogP contribution is -2.18. The summed E-state index contributed by atoms with van der Waals surface area (Å²) in [5, 5.41) is 12.6. The minimum Gasteiger partial charge on any atom is -0.354 e. The largest absolute Gasteiger partial charge is 0.354 e. The Hall–Kier alpha value is -2.50. The first-order valence-corrected chi connectivity index (χ1v) is 6.03. The third kappa shape index (κ3) is 2.24. The zero-order chi connectivity index (χ0) is 13.2. The minimum atomic E-state index is 0.763. The average molecular weight is 254 g/mol. The number of pyridine rings is 1. The first-order valence-electron chi connectivity index (χ1n) is 6.03. The molecule has 0 unspecified atom stereocenters. The highest BCUT2D eigenvalue weighted by molar-refractivity contribution is 5.45. The van der Waals surface area contributed by atoms with Crippen LogP contribution >= 0.6 is 0 Å². The molecule has 0 fully saturated rings. The van der Waals surface area contributed by atoms with E-state index < -0.39 is 0 Å². The highest BCUT2D eigenvalue weighted by atomic mass is 15.4. The van der Waals surface area contributed by atoms with E-state index in [1.54, 1.807) is 16.9 Å². The van der Waals surface area contributed by atoms with Gasteiger partial charge in [0.1, 0.15) is 5.82 Å². The van der Waals surface area contributed by atoms with Gasteiger partial charge in [0.15, 0.2) is 11.5 Å². The van der Waals surface area contributed by atoms with Gasteiger partial charge in [-0.25, -0.2) is 0 Å². The van der Waals surface area contributed by atoms with Crippen LogP contribution in [0.25, 0.3) is 5.65 Å². The third-order valence-corrected chi connectivity index (χ3v) is 2.96. The molecule has 96 valence electrons. The van der Waals surface area contributed by atoms with Crippen molar-refractivity contribution in [3.05, 3.63) is 48.0 Å². The van der Waals surface area contributed by atoms with Crippen molar-refractivity contribution >= 4 is 11.5 Å². The molecular weight excluding hydrogens is 240 g/mol. The molecule has 0 amide bonds. The standard InChI is InChI=1S/C13H14N6/c1-10-15-16-12-3-4-13(17-19(10)12)18(2)9-11-5-7-14-8-6-11/h3-8H,9H2,1-2H3. The van der Waals surface area contributed by atoms with Gasteiger partial charge in [-0.15, -0.1) is 15.3 Å². The lowest BCUT2D eigenvalue weighted by Gasteiger charge is -2.17. The highest BCUT2D eigenvalue weighted by Crippen LogP contribution is 2.13. The Morgan fingerprint density at radius 3 is 2.68 bits per heavy atom. The predicted molar refractivity (Wildman–Crippen MR) is 71.9 cm³/mol. The van der Waals surface area contributed by atoms with Crippen LogP contribution in [0.1, 0.15) is 11.4 Å². The van der Waals surface area contributed by atoms with E-state index in [0.29, 0.717) is 0 Å². The molecular formula is C13H14N6. The van der Waals surface area contributed by atoms with Gasteiger partial charge in [-0.3, -0.25) is 4.98 Å². The van der Waals surface area contributed by atoms with Crippen LogP contribution in [-0.2, 0) is 6.54 Å². The van der Waals surface area contributed by atoms with Gasteiger partial charge in [-0.05, 0) is 36.8 Å². The molecule has 0 saturated carbocycles. The van der Waals surface area contributed by atoms with Crippen LogP contribution in [0.4, 0.5) is 5.82 Å². The minimum absolute atomic E-state index is 0.763. The van der Waals surface area contributed by atoms with E-state index in [-0.39, 0.29) is 0 Å². The zero-order valence-electron chi connectivity index (χ0n) is 10.9. The second kappa shape index (κ2) is 4.64. The monoisotopic (exact) mass is 254 g/mol. The van der Waals surface area contributed by atoms with Gasteiger partial charge in [0.05, 0.1) is 0 Å². The fraction of sp³-hybridized carbons (Fsp3) is 0.231. The molecule has 3 aromatic rings. The molecule has 3 rings (SSSR count). The van der Waals surface area contributed by atoms with Crippen LogP contribution in [0.3, 0.4) is 0 Å². The third-order valence-electron chi connectivity index (χ3n) is 2.96. The average Bonchev–Trinajstić information content (AvgIpc) is 2.81. The first-order chi connectivity index (χ1) is 9.24. The fourth-order valence-corrected chi connectivity index (χ4v) is 1.93. The molecule has 0 aliphatic rings. The maximum atomic E-state index is 4.53. The normalized spacial score (nSPS) is 10.8. The molecule has 3 aromatic heterocycles. The number of aryl methyl sites for hydroxylation is 1. The summed E-state index contributed by atoms with van der Waals surface area (Å²) in [7, 11) is 2.01. The van der Waals surface area contributed by atoms with Crippen molar-refractivity contribution in [2.75, 3.05) is 11.9 Å². The van der Waals surface area contributed by atoms with E-state index in [0.717, 1.165) is 23.8 Å². The highest BCUT2D eigenvalue weighted by Gasteiger charge is 2.07. The maximum absolute atomic E-state index is 4.53. The Kier molecular flexibility index (Phi) is 2.83. The van der Waals surface area contributed by atoms with Crippen LogP contribution in [0.15, 0.2) is 36.7 Å². The van der Waals surface area contributed by atoms with Gasteiger partial charge in [0.2, 0.25) is 0 Å². The summed E-state index contributed by atoms with van der Waals surface area (Å²) in [6, 6.07) is 7.87. The summed E-state index contributed by atoms with van der Waals surface area (Å²) in [6.45, 7) is 2.67. The SMILES string of the molecule is Cc1nnc2ccc(N(C)Cc3ccncc3)nn12. The van der Waals surface area contributed by atoms with Crippen LogP contribution in [0.2, 0.25) is 0 Å². The van der Waals surface area contributed by atoms with Crippen molar-refractivity contribution in [2.45, 2.75) is 13.5 Å². The fourth-order valence-electron chi connectivity index (χ4n) is 1.93. The van der Waals surface area contributed by atoms with Crippen molar-refractivity contribution in [3.8, 4) is 0 Å².